The summed E-state index contributed by atoms with van der Waals surface area (Å²) < 4.78 is 53.5. The van der Waals surface area contributed by atoms with Crippen molar-refractivity contribution >= 4 is 10.8 Å². The molecule has 0 amide bonds. The lowest BCUT2D eigenvalue weighted by molar-refractivity contribution is -0.137. The number of rotatable bonds is 3. The molecule has 0 bridgehead atoms. The first-order chi connectivity index (χ1) is 14.3. The van der Waals surface area contributed by atoms with E-state index in [1.807, 2.05) is 0 Å². The van der Waals surface area contributed by atoms with Crippen LogP contribution in [0.1, 0.15) is 11.1 Å². The highest BCUT2D eigenvalue weighted by molar-refractivity contribution is 5.96. The summed E-state index contributed by atoms with van der Waals surface area (Å²) in [6.07, 6.45) is -2.95. The number of hydrogen-bond acceptors (Lipinski definition) is 2. The van der Waals surface area contributed by atoms with Crippen molar-refractivity contribution in [2.45, 2.75) is 12.8 Å². The minimum atomic E-state index is -4.46. The van der Waals surface area contributed by atoms with Gasteiger partial charge in [0.25, 0.3) is 5.56 Å². The first kappa shape index (κ1) is 19.8. The molecule has 0 atom stereocenters. The lowest BCUT2D eigenvalue weighted by Crippen LogP contribution is -2.18. The maximum atomic E-state index is 13.3. The van der Waals surface area contributed by atoms with Crippen molar-refractivity contribution in [3.63, 3.8) is 0 Å². The Kier molecular flexibility index (Phi) is 4.91. The van der Waals surface area contributed by atoms with Gasteiger partial charge in [-0.05, 0) is 65.0 Å². The molecule has 3 nitrogen and oxygen atoms in total. The van der Waals surface area contributed by atoms with Gasteiger partial charge < -0.3 is 5.11 Å². The molecule has 0 aliphatic heterocycles. The van der Waals surface area contributed by atoms with Crippen molar-refractivity contribution in [3.8, 4) is 16.8 Å². The van der Waals surface area contributed by atoms with E-state index in [1.165, 1.54) is 47.2 Å². The summed E-state index contributed by atoms with van der Waals surface area (Å²) in [5, 5.41) is 10.3. The van der Waals surface area contributed by atoms with Crippen LogP contribution in [0, 0.1) is 5.82 Å². The van der Waals surface area contributed by atoms with E-state index in [1.54, 1.807) is 18.2 Å². The highest BCUT2D eigenvalue weighted by Crippen LogP contribution is 2.33. The van der Waals surface area contributed by atoms with Crippen LogP contribution < -0.4 is 5.56 Å². The second-order valence-corrected chi connectivity index (χ2v) is 6.81. The Labute approximate surface area is 168 Å². The number of hydrogen-bond donors (Lipinski definition) is 1. The van der Waals surface area contributed by atoms with E-state index < -0.39 is 17.6 Å². The molecule has 1 N–H and O–H groups in total. The molecular weight excluding hydrogens is 398 g/mol. The third kappa shape index (κ3) is 3.59. The zero-order chi connectivity index (χ0) is 21.5. The number of aliphatic hydroxyl groups is 1. The summed E-state index contributed by atoms with van der Waals surface area (Å²) in [5.74, 6) is -0.455. The van der Waals surface area contributed by atoms with Crippen LogP contribution in [0.4, 0.5) is 17.6 Å². The predicted octanol–water partition coefficient (Wildman–Crippen LogP) is 5.31. The molecule has 7 heteroatoms. The number of aliphatic hydroxyl groups excluding tert-OH is 1. The quantitative estimate of drug-likeness (QED) is 0.463. The van der Waals surface area contributed by atoms with E-state index in [2.05, 4.69) is 0 Å². The Morgan fingerprint density at radius 1 is 0.867 bits per heavy atom. The highest BCUT2D eigenvalue weighted by Gasteiger charge is 2.30. The molecule has 0 aliphatic carbocycles. The zero-order valence-electron chi connectivity index (χ0n) is 15.4. The zero-order valence-corrected chi connectivity index (χ0v) is 15.4. The van der Waals surface area contributed by atoms with Gasteiger partial charge in [0.2, 0.25) is 0 Å². The van der Waals surface area contributed by atoms with E-state index in [4.69, 9.17) is 0 Å². The van der Waals surface area contributed by atoms with Crippen molar-refractivity contribution < 1.29 is 22.7 Å². The van der Waals surface area contributed by atoms with Gasteiger partial charge in [-0.1, -0.05) is 18.2 Å². The van der Waals surface area contributed by atoms with Gasteiger partial charge in [0.15, 0.2) is 0 Å². The van der Waals surface area contributed by atoms with Crippen LogP contribution in [-0.4, -0.2) is 9.67 Å². The molecule has 1 aromatic heterocycles. The molecule has 0 radical (unpaired) electrons. The summed E-state index contributed by atoms with van der Waals surface area (Å²) in [7, 11) is 0. The number of aromatic nitrogens is 1. The SMILES string of the molecule is O=c1c2ccc(CO)cc2c(-c2ccc(C(F)(F)F)cc2)cn1-c1ccc(F)cc1. The normalized spacial score (nSPS) is 11.8. The number of halogens is 4. The van der Waals surface area contributed by atoms with Gasteiger partial charge in [-0.15, -0.1) is 0 Å². The lowest BCUT2D eigenvalue weighted by atomic mass is 9.98. The molecule has 152 valence electrons. The molecule has 0 saturated carbocycles. The van der Waals surface area contributed by atoms with Gasteiger partial charge in [-0.2, -0.15) is 13.2 Å². The second-order valence-electron chi connectivity index (χ2n) is 6.81. The van der Waals surface area contributed by atoms with Gasteiger partial charge in [0, 0.05) is 22.8 Å². The van der Waals surface area contributed by atoms with Crippen molar-refractivity contribution in [3.05, 3.63) is 100 Å². The number of nitrogens with zero attached hydrogens (tertiary/aromatic N) is 1. The average Bonchev–Trinajstić information content (AvgIpc) is 2.74. The third-order valence-corrected chi connectivity index (χ3v) is 4.89. The van der Waals surface area contributed by atoms with E-state index >= 15 is 0 Å². The summed E-state index contributed by atoms with van der Waals surface area (Å²) >= 11 is 0. The Hall–Kier alpha value is -3.45. The van der Waals surface area contributed by atoms with E-state index in [-0.39, 0.29) is 12.2 Å². The summed E-state index contributed by atoms with van der Waals surface area (Å²) in [6, 6.07) is 14.8. The van der Waals surface area contributed by atoms with Crippen molar-refractivity contribution in [2.24, 2.45) is 0 Å². The molecule has 30 heavy (non-hydrogen) atoms. The van der Waals surface area contributed by atoms with Gasteiger partial charge in [0.1, 0.15) is 5.82 Å². The molecule has 4 rings (SSSR count). The summed E-state index contributed by atoms with van der Waals surface area (Å²) in [5.41, 5.74) is 0.824. The fraction of sp³-hybridized carbons (Fsp3) is 0.0870. The molecule has 0 saturated heterocycles. The fourth-order valence-electron chi connectivity index (χ4n) is 3.35. The van der Waals surface area contributed by atoms with Crippen LogP contribution in [0.15, 0.2) is 77.7 Å². The van der Waals surface area contributed by atoms with E-state index in [0.29, 0.717) is 33.2 Å². The summed E-state index contributed by atoms with van der Waals surface area (Å²) in [6.45, 7) is -0.247. The first-order valence-corrected chi connectivity index (χ1v) is 9.00. The smallest absolute Gasteiger partial charge is 0.392 e. The van der Waals surface area contributed by atoms with Gasteiger partial charge in [0.05, 0.1) is 12.2 Å². The van der Waals surface area contributed by atoms with Crippen molar-refractivity contribution in [1.29, 1.82) is 0 Å². The van der Waals surface area contributed by atoms with Crippen LogP contribution in [0.5, 0.6) is 0 Å². The number of pyridine rings is 1. The highest BCUT2D eigenvalue weighted by atomic mass is 19.4. The van der Waals surface area contributed by atoms with Gasteiger partial charge in [-0.25, -0.2) is 4.39 Å². The lowest BCUT2D eigenvalue weighted by Gasteiger charge is -2.14. The van der Waals surface area contributed by atoms with E-state index in [9.17, 15) is 27.5 Å². The molecule has 4 aromatic rings. The summed E-state index contributed by atoms with van der Waals surface area (Å²) in [4.78, 5) is 13.0. The fourth-order valence-corrected chi connectivity index (χ4v) is 3.35. The number of alkyl halides is 3. The second kappa shape index (κ2) is 7.42. The third-order valence-electron chi connectivity index (χ3n) is 4.89. The Balaban J connectivity index is 2.00. The molecule has 0 spiro atoms. The Bertz CT molecular complexity index is 1270. The van der Waals surface area contributed by atoms with Crippen molar-refractivity contribution in [2.75, 3.05) is 0 Å². The van der Waals surface area contributed by atoms with Crippen LogP contribution in [-0.2, 0) is 12.8 Å². The molecule has 3 aromatic carbocycles. The van der Waals surface area contributed by atoms with Crippen LogP contribution in [0.3, 0.4) is 0 Å². The van der Waals surface area contributed by atoms with Crippen LogP contribution in [0.2, 0.25) is 0 Å². The van der Waals surface area contributed by atoms with Crippen molar-refractivity contribution in [1.82, 2.24) is 4.57 Å². The molecular formula is C23H15F4NO2. The van der Waals surface area contributed by atoms with Crippen LogP contribution >= 0.6 is 0 Å². The maximum absolute atomic E-state index is 13.3. The predicted molar refractivity (Wildman–Crippen MR) is 106 cm³/mol. The van der Waals surface area contributed by atoms with Gasteiger partial charge >= 0.3 is 6.18 Å². The molecule has 1 heterocycles. The Morgan fingerprint density at radius 2 is 1.53 bits per heavy atom. The number of benzene rings is 3. The standard InChI is InChI=1S/C23H15F4NO2/c24-17-6-8-18(9-7-17)28-12-21(15-2-4-16(5-3-15)23(25,26)27)20-11-14(13-29)1-10-19(20)22(28)30/h1-12,29H,13H2. The maximum Gasteiger partial charge on any atom is 0.416 e. The van der Waals surface area contributed by atoms with E-state index in [0.717, 1.165) is 12.1 Å². The molecule has 0 fully saturated rings. The topological polar surface area (TPSA) is 42.2 Å². The van der Waals surface area contributed by atoms with Gasteiger partial charge in [-0.3, -0.25) is 9.36 Å². The van der Waals surface area contributed by atoms with Crippen LogP contribution in [0.25, 0.3) is 27.6 Å². The largest absolute Gasteiger partial charge is 0.416 e. The molecule has 0 unspecified atom stereocenters. The minimum Gasteiger partial charge on any atom is -0.392 e. The Morgan fingerprint density at radius 3 is 2.13 bits per heavy atom. The average molecular weight is 413 g/mol. The number of fused-ring (bicyclic) bond motifs is 1. The first-order valence-electron chi connectivity index (χ1n) is 9.00. The monoisotopic (exact) mass is 413 g/mol. The minimum absolute atomic E-state index is 0.247. The molecule has 0 aliphatic rings.